The molecule has 10 aromatic rings. The van der Waals surface area contributed by atoms with Crippen molar-refractivity contribution in [2.75, 3.05) is 9.91 Å². The minimum Gasteiger partial charge on any atom is -0.656 e. The van der Waals surface area contributed by atoms with Crippen LogP contribution in [0.3, 0.4) is 0 Å². The van der Waals surface area contributed by atoms with Crippen molar-refractivity contribution in [2.24, 2.45) is 5.10 Å². The normalized spacial score (nSPS) is 12.2. The van der Waals surface area contributed by atoms with E-state index in [-0.39, 0.29) is 22.4 Å². The van der Waals surface area contributed by atoms with Gasteiger partial charge in [0.2, 0.25) is 0 Å². The van der Waals surface area contributed by atoms with Crippen LogP contribution in [0.5, 0.6) is 0 Å². The van der Waals surface area contributed by atoms with Gasteiger partial charge in [-0.05, 0) is 60.7 Å². The maximum atomic E-state index is 5.45. The van der Waals surface area contributed by atoms with Crippen LogP contribution in [0.25, 0.3) is 66.3 Å². The van der Waals surface area contributed by atoms with Crippen LogP contribution in [-0.4, -0.2) is 5.84 Å². The molecule has 1 aliphatic heterocycles. The number of fused-ring (bicyclic) bond motifs is 3. The molecule has 0 atom stereocenters. The van der Waals surface area contributed by atoms with Gasteiger partial charge in [0.1, 0.15) is 5.84 Å². The van der Waals surface area contributed by atoms with E-state index in [0.717, 1.165) is 78.3 Å². The molecule has 0 aliphatic carbocycles. The Bertz CT molecular complexity index is 3090. The van der Waals surface area contributed by atoms with Gasteiger partial charge in [0.15, 0.2) is 0 Å². The molecule has 1 aromatic heterocycles. The molecule has 1 radical (unpaired) electrons. The third-order valence-electron chi connectivity index (χ3n) is 12.0. The molecule has 4 nitrogen and oxygen atoms in total. The number of amidine groups is 1. The second-order valence-electron chi connectivity index (χ2n) is 16.6. The van der Waals surface area contributed by atoms with Crippen molar-refractivity contribution in [1.82, 2.24) is 4.98 Å². The molecule has 0 bridgehead atoms. The zero-order valence-electron chi connectivity index (χ0n) is 36.9. The van der Waals surface area contributed by atoms with Crippen molar-refractivity contribution in [3.63, 3.8) is 0 Å². The van der Waals surface area contributed by atoms with Crippen LogP contribution in [0.2, 0.25) is 0 Å². The van der Waals surface area contributed by atoms with Gasteiger partial charge in [0.05, 0.1) is 0 Å². The molecule has 11 rings (SSSR count). The zero-order valence-corrected chi connectivity index (χ0v) is 39.0. The fourth-order valence-corrected chi connectivity index (χ4v) is 9.13. The fraction of sp³-hybridized carbons (Fsp3) is 0.0667. The first-order chi connectivity index (χ1) is 31.4. The molecular formula is C60H48AuN4-2. The summed E-state index contributed by atoms with van der Waals surface area (Å²) in [6, 6.07) is 74.9. The Balaban J connectivity index is 0.000000248. The standard InChI is InChI=1S/C44H32N3.C16H16N.Au/c1-6-18-33(19-7-1)38-28-16-29-39(34-20-8-2-9-21-34)42(38)46-32-47(45-44(46)37-26-14-5-15-27-37)43-40(35-22-10-3-11-23-35)30-17-31-41(43)36-24-12-4-13-25-36;1-9-5-11(3)15-13(7-9)14-8-10(2)6-12(4)16(14)17-15;/h1-32H;5-8H,1-4H3;/q2*-1;. The van der Waals surface area contributed by atoms with Gasteiger partial charge in [-0.1, -0.05) is 235 Å². The third-order valence-corrected chi connectivity index (χ3v) is 12.0. The Morgan fingerprint density at radius 3 is 1.09 bits per heavy atom. The van der Waals surface area contributed by atoms with Crippen LogP contribution in [0.1, 0.15) is 27.8 Å². The number of para-hydroxylation sites is 2. The Morgan fingerprint density at radius 1 is 0.385 bits per heavy atom. The predicted molar refractivity (Wildman–Crippen MR) is 271 cm³/mol. The Morgan fingerprint density at radius 2 is 0.723 bits per heavy atom. The van der Waals surface area contributed by atoms with Gasteiger partial charge in [-0.15, -0.1) is 17.7 Å². The van der Waals surface area contributed by atoms with Crippen LogP contribution in [0.4, 0.5) is 11.4 Å². The Hall–Kier alpha value is -7.21. The minimum atomic E-state index is 0. The average molecular weight is 1020 g/mol. The Kier molecular flexibility index (Phi) is 12.5. The molecule has 0 saturated carbocycles. The topological polar surface area (TPSA) is 32.9 Å². The molecule has 2 heterocycles. The summed E-state index contributed by atoms with van der Waals surface area (Å²) in [5, 5.41) is 10.1. The Labute approximate surface area is 398 Å². The van der Waals surface area contributed by atoms with Gasteiger partial charge >= 0.3 is 0 Å². The van der Waals surface area contributed by atoms with E-state index in [1.54, 1.807) is 0 Å². The number of anilines is 2. The monoisotopic (exact) mass is 1020 g/mol. The molecular weight excluding hydrogens is 974 g/mol. The summed E-state index contributed by atoms with van der Waals surface area (Å²) in [5.74, 6) is 0.855. The number of rotatable bonds is 7. The maximum Gasteiger partial charge on any atom is 0.129 e. The minimum absolute atomic E-state index is 0. The van der Waals surface area contributed by atoms with Crippen LogP contribution in [0.15, 0.2) is 217 Å². The van der Waals surface area contributed by atoms with Crippen molar-refractivity contribution in [3.05, 3.63) is 247 Å². The first kappa shape index (κ1) is 43.1. The van der Waals surface area contributed by atoms with E-state index in [9.17, 15) is 0 Å². The van der Waals surface area contributed by atoms with Crippen LogP contribution >= 0.6 is 0 Å². The predicted octanol–water partition coefficient (Wildman–Crippen LogP) is 15.3. The van der Waals surface area contributed by atoms with Gasteiger partial charge in [-0.25, -0.2) is 0 Å². The molecule has 5 heteroatoms. The largest absolute Gasteiger partial charge is 0.656 e. The zero-order chi connectivity index (χ0) is 43.6. The summed E-state index contributed by atoms with van der Waals surface area (Å²) < 4.78 is 0. The number of hydrazone groups is 1. The van der Waals surface area contributed by atoms with Crippen LogP contribution in [-0.2, 0) is 22.4 Å². The maximum absolute atomic E-state index is 5.45. The van der Waals surface area contributed by atoms with Gasteiger partial charge in [0.25, 0.3) is 0 Å². The van der Waals surface area contributed by atoms with Crippen molar-refractivity contribution in [2.45, 2.75) is 27.7 Å². The van der Waals surface area contributed by atoms with Crippen molar-refractivity contribution in [3.8, 4) is 44.5 Å². The molecule has 1 aliphatic rings. The number of aromatic nitrogens is 1. The van der Waals surface area contributed by atoms with Gasteiger partial charge in [0, 0.05) is 61.6 Å². The van der Waals surface area contributed by atoms with Crippen LogP contribution < -0.4 is 14.9 Å². The second-order valence-corrected chi connectivity index (χ2v) is 16.6. The number of benzene rings is 9. The summed E-state index contributed by atoms with van der Waals surface area (Å²) in [4.78, 5) is 7.07. The summed E-state index contributed by atoms with van der Waals surface area (Å²) >= 11 is 0. The van der Waals surface area contributed by atoms with E-state index in [4.69, 9.17) is 10.1 Å². The van der Waals surface area contributed by atoms with Crippen molar-refractivity contribution < 1.29 is 22.4 Å². The molecule has 0 saturated heterocycles. The third kappa shape index (κ3) is 8.60. The number of hydrogen-bond donors (Lipinski definition) is 0. The average Bonchev–Trinajstić information content (AvgIpc) is 3.95. The van der Waals surface area contributed by atoms with Gasteiger partial charge < -0.3 is 14.9 Å². The van der Waals surface area contributed by atoms with E-state index in [2.05, 4.69) is 257 Å². The molecule has 0 unspecified atom stereocenters. The summed E-state index contributed by atoms with van der Waals surface area (Å²) in [5.41, 5.74) is 19.7. The first-order valence-corrected chi connectivity index (χ1v) is 21.9. The quantitative estimate of drug-likeness (QED) is 0.118. The van der Waals surface area contributed by atoms with Crippen molar-refractivity contribution >= 4 is 39.0 Å². The molecule has 321 valence electrons. The van der Waals surface area contributed by atoms with Crippen molar-refractivity contribution in [1.29, 1.82) is 0 Å². The van der Waals surface area contributed by atoms with Crippen LogP contribution in [0, 0.1) is 34.4 Å². The summed E-state index contributed by atoms with van der Waals surface area (Å²) in [6.07, 6.45) is 0. The van der Waals surface area contributed by atoms with Gasteiger partial charge in [-0.2, -0.15) is 5.10 Å². The molecule has 0 amide bonds. The van der Waals surface area contributed by atoms with Gasteiger partial charge in [-0.3, -0.25) is 0 Å². The van der Waals surface area contributed by atoms with E-state index in [1.165, 1.54) is 33.0 Å². The smallest absolute Gasteiger partial charge is 0.129 e. The first-order valence-electron chi connectivity index (χ1n) is 21.9. The number of aryl methyl sites for hydroxylation is 4. The molecule has 0 spiro atoms. The molecule has 9 aromatic carbocycles. The second kappa shape index (κ2) is 18.9. The number of hydrogen-bond acceptors (Lipinski definition) is 3. The molecule has 0 N–H and O–H groups in total. The molecule has 65 heavy (non-hydrogen) atoms. The SMILES string of the molecule is Cc1cc(C)c2[n-]c3c(C)cc(C)cc3c2c1.[Au].c1ccc(C2=NN(c3c(-c4ccccc4)cccc3-c3ccccc3)[CH-]N2c2c(-c3ccccc3)cccc2-c2ccccc2)cc1. The van der Waals surface area contributed by atoms with E-state index < -0.39 is 0 Å². The summed E-state index contributed by atoms with van der Waals surface area (Å²) in [7, 11) is 0. The fourth-order valence-electron chi connectivity index (χ4n) is 9.13. The number of nitrogens with zero attached hydrogens (tertiary/aromatic N) is 4. The van der Waals surface area contributed by atoms with E-state index in [0.29, 0.717) is 0 Å². The van der Waals surface area contributed by atoms with E-state index >= 15 is 0 Å². The summed E-state index contributed by atoms with van der Waals surface area (Å²) in [6.45, 7) is 10.7. The van der Waals surface area contributed by atoms with E-state index in [1.807, 2.05) is 0 Å². The molecule has 0 fully saturated rings.